The van der Waals surface area contributed by atoms with Crippen LogP contribution in [-0.2, 0) is 17.9 Å². The van der Waals surface area contributed by atoms with Crippen LogP contribution in [0.5, 0.6) is 5.75 Å². The van der Waals surface area contributed by atoms with E-state index < -0.39 is 0 Å². The molecule has 1 saturated heterocycles. The maximum Gasteiger partial charge on any atom is 0.220 e. The van der Waals surface area contributed by atoms with Crippen molar-refractivity contribution in [2.75, 3.05) is 13.1 Å². The largest absolute Gasteiger partial charge is 0.506 e. The number of rotatable bonds is 5. The number of aryl methyl sites for hydroxylation is 1. The highest BCUT2D eigenvalue weighted by Crippen LogP contribution is 2.57. The number of likely N-dealkylation sites (tertiary alicyclic amines) is 1. The Morgan fingerprint density at radius 3 is 2.81 bits per heavy atom. The second-order valence-corrected chi connectivity index (χ2v) is 8.84. The van der Waals surface area contributed by atoms with E-state index in [4.69, 9.17) is 0 Å². The van der Waals surface area contributed by atoms with Crippen LogP contribution in [0.15, 0.2) is 29.0 Å². The van der Waals surface area contributed by atoms with Crippen LogP contribution in [0.2, 0.25) is 0 Å². The molecule has 1 spiro atoms. The second-order valence-electron chi connectivity index (χ2n) is 8.06. The number of hydrogen-bond acceptors (Lipinski definition) is 5. The maximum absolute atomic E-state index is 12.2. The van der Waals surface area contributed by atoms with Gasteiger partial charge in [-0.2, -0.15) is 11.3 Å². The number of thiophene rings is 1. The lowest BCUT2D eigenvalue weighted by Gasteiger charge is -2.34. The van der Waals surface area contributed by atoms with E-state index in [1.807, 2.05) is 13.0 Å². The average Bonchev–Trinajstić information content (AvgIpc) is 3.07. The van der Waals surface area contributed by atoms with Crippen molar-refractivity contribution in [3.05, 3.63) is 45.9 Å². The van der Waals surface area contributed by atoms with Gasteiger partial charge >= 0.3 is 0 Å². The van der Waals surface area contributed by atoms with Gasteiger partial charge in [0.05, 0.1) is 5.69 Å². The third-order valence-corrected chi connectivity index (χ3v) is 6.91. The summed E-state index contributed by atoms with van der Waals surface area (Å²) in [6.45, 7) is 7.06. The van der Waals surface area contributed by atoms with Crippen LogP contribution < -0.4 is 0 Å². The summed E-state index contributed by atoms with van der Waals surface area (Å²) in [6, 6.07) is 6.06. The molecule has 0 aromatic carbocycles. The molecule has 144 valence electrons. The first-order valence-corrected chi connectivity index (χ1v) is 10.6. The lowest BCUT2D eigenvalue weighted by atomic mass is 9.92. The fourth-order valence-corrected chi connectivity index (χ4v) is 5.07. The molecule has 3 heterocycles. The average molecular weight is 386 g/mol. The normalized spacial score (nSPS) is 21.3. The smallest absolute Gasteiger partial charge is 0.220 e. The summed E-state index contributed by atoms with van der Waals surface area (Å²) < 4.78 is 0. The number of pyridine rings is 1. The van der Waals surface area contributed by atoms with Gasteiger partial charge in [-0.25, -0.2) is 0 Å². The fraction of sp³-hybridized carbons (Fsp3) is 0.524. The maximum atomic E-state index is 12.2. The van der Waals surface area contributed by atoms with E-state index in [2.05, 4.69) is 31.6 Å². The molecule has 2 aromatic heterocycles. The fourth-order valence-electron chi connectivity index (χ4n) is 4.41. The summed E-state index contributed by atoms with van der Waals surface area (Å²) in [5, 5.41) is 14.3. The minimum Gasteiger partial charge on any atom is -0.506 e. The van der Waals surface area contributed by atoms with Crippen molar-refractivity contribution in [1.29, 1.82) is 0 Å². The Labute approximate surface area is 164 Å². The Balaban J connectivity index is 1.36. The summed E-state index contributed by atoms with van der Waals surface area (Å²) >= 11 is 1.68. The number of aromatic nitrogens is 1. The number of amides is 1. The molecule has 0 bridgehead atoms. The molecule has 0 radical (unpaired) electrons. The van der Waals surface area contributed by atoms with E-state index >= 15 is 0 Å². The topological polar surface area (TPSA) is 56.7 Å². The number of nitrogens with zero attached hydrogens (tertiary/aromatic N) is 3. The van der Waals surface area contributed by atoms with E-state index in [9.17, 15) is 9.90 Å². The third-order valence-electron chi connectivity index (χ3n) is 6.17. The van der Waals surface area contributed by atoms with Crippen molar-refractivity contribution in [3.8, 4) is 5.75 Å². The molecule has 6 heteroatoms. The summed E-state index contributed by atoms with van der Waals surface area (Å²) in [5.74, 6) is 0.461. The van der Waals surface area contributed by atoms with Crippen molar-refractivity contribution < 1.29 is 9.90 Å². The summed E-state index contributed by atoms with van der Waals surface area (Å²) in [7, 11) is 0. The Bertz CT molecular complexity index is 813. The van der Waals surface area contributed by atoms with Crippen molar-refractivity contribution >= 4 is 17.2 Å². The van der Waals surface area contributed by atoms with E-state index in [-0.39, 0.29) is 11.7 Å². The standard InChI is InChI=1S/C21H27N3O2S/c1-15-3-4-19(26)18(22-15)13-23-8-6-21(7-9-23)11-20(21)24(16(2)25)12-17-5-10-27-14-17/h3-5,10,14,20,26H,6-9,11-13H2,1-2H3. The van der Waals surface area contributed by atoms with Crippen LogP contribution in [-0.4, -0.2) is 44.9 Å². The molecule has 2 fully saturated rings. The minimum atomic E-state index is 0.180. The van der Waals surface area contributed by atoms with E-state index in [1.54, 1.807) is 24.3 Å². The zero-order valence-corrected chi connectivity index (χ0v) is 16.8. The lowest BCUT2D eigenvalue weighted by molar-refractivity contribution is -0.130. The van der Waals surface area contributed by atoms with Gasteiger partial charge in [-0.1, -0.05) is 0 Å². The highest BCUT2D eigenvalue weighted by atomic mass is 32.1. The number of hydrogen-bond donors (Lipinski definition) is 1. The van der Waals surface area contributed by atoms with Gasteiger partial charge in [-0.05, 0) is 79.2 Å². The van der Waals surface area contributed by atoms with Crippen LogP contribution in [0, 0.1) is 12.3 Å². The Kier molecular flexibility index (Phi) is 4.95. The number of aromatic hydroxyl groups is 1. The first-order chi connectivity index (χ1) is 13.0. The molecule has 4 rings (SSSR count). The van der Waals surface area contributed by atoms with Crippen LogP contribution >= 0.6 is 11.3 Å². The van der Waals surface area contributed by atoms with Gasteiger partial charge in [0, 0.05) is 31.7 Å². The van der Waals surface area contributed by atoms with Crippen LogP contribution in [0.4, 0.5) is 0 Å². The predicted octanol–water partition coefficient (Wildman–Crippen LogP) is 3.56. The summed E-state index contributed by atoms with van der Waals surface area (Å²) in [5.41, 5.74) is 3.22. The van der Waals surface area contributed by atoms with E-state index in [1.165, 1.54) is 5.56 Å². The van der Waals surface area contributed by atoms with Crippen molar-refractivity contribution in [1.82, 2.24) is 14.8 Å². The first kappa shape index (κ1) is 18.4. The molecule has 1 saturated carbocycles. The molecule has 1 unspecified atom stereocenters. The highest BCUT2D eigenvalue weighted by Gasteiger charge is 2.58. The Morgan fingerprint density at radius 1 is 1.37 bits per heavy atom. The quantitative estimate of drug-likeness (QED) is 0.855. The molecule has 2 aliphatic rings. The number of carbonyl (C=O) groups excluding carboxylic acids is 1. The molecule has 27 heavy (non-hydrogen) atoms. The number of piperidine rings is 1. The van der Waals surface area contributed by atoms with Crippen molar-refractivity contribution in [3.63, 3.8) is 0 Å². The SMILES string of the molecule is CC(=O)N(Cc1ccsc1)C1CC12CCN(Cc1nc(C)ccc1O)CC2. The van der Waals surface area contributed by atoms with E-state index in [0.29, 0.717) is 18.0 Å². The molecular formula is C21H27N3O2S. The molecule has 1 aliphatic heterocycles. The molecule has 1 atom stereocenters. The summed E-state index contributed by atoms with van der Waals surface area (Å²) in [6.07, 6.45) is 3.34. The highest BCUT2D eigenvalue weighted by molar-refractivity contribution is 7.07. The second kappa shape index (κ2) is 7.24. The number of carbonyl (C=O) groups is 1. The van der Waals surface area contributed by atoms with Crippen LogP contribution in [0.3, 0.4) is 0 Å². The lowest BCUT2D eigenvalue weighted by Crippen LogP contribution is -2.39. The molecule has 2 aromatic rings. The molecule has 1 amide bonds. The van der Waals surface area contributed by atoms with Gasteiger partial charge in [0.2, 0.25) is 5.91 Å². The van der Waals surface area contributed by atoms with Crippen LogP contribution in [0.25, 0.3) is 0 Å². The molecule has 1 aliphatic carbocycles. The van der Waals surface area contributed by atoms with Gasteiger partial charge in [-0.15, -0.1) is 0 Å². The van der Waals surface area contributed by atoms with Gasteiger partial charge in [-0.3, -0.25) is 14.7 Å². The molecular weight excluding hydrogens is 358 g/mol. The predicted molar refractivity (Wildman–Crippen MR) is 107 cm³/mol. The molecule has 1 N–H and O–H groups in total. The van der Waals surface area contributed by atoms with Gasteiger partial charge in [0.25, 0.3) is 0 Å². The zero-order chi connectivity index (χ0) is 19.0. The van der Waals surface area contributed by atoms with Gasteiger partial charge < -0.3 is 10.0 Å². The van der Waals surface area contributed by atoms with Gasteiger partial charge in [0.1, 0.15) is 5.75 Å². The Morgan fingerprint density at radius 2 is 2.15 bits per heavy atom. The van der Waals surface area contributed by atoms with Crippen molar-refractivity contribution in [2.24, 2.45) is 5.41 Å². The van der Waals surface area contributed by atoms with Crippen LogP contribution in [0.1, 0.15) is 43.1 Å². The first-order valence-electron chi connectivity index (χ1n) is 9.63. The summed E-state index contributed by atoms with van der Waals surface area (Å²) in [4.78, 5) is 21.2. The zero-order valence-electron chi connectivity index (χ0n) is 16.0. The van der Waals surface area contributed by atoms with Gasteiger partial charge in [0.15, 0.2) is 0 Å². The third kappa shape index (κ3) is 3.87. The van der Waals surface area contributed by atoms with Crippen molar-refractivity contribution in [2.45, 2.75) is 52.2 Å². The Hall–Kier alpha value is -1.92. The molecule has 5 nitrogen and oxygen atoms in total. The monoisotopic (exact) mass is 385 g/mol. The van der Waals surface area contributed by atoms with E-state index in [0.717, 1.165) is 50.3 Å². The minimum absolute atomic E-state index is 0.180.